The summed E-state index contributed by atoms with van der Waals surface area (Å²) in [5.41, 5.74) is 6.15. The van der Waals surface area contributed by atoms with Crippen LogP contribution in [-0.4, -0.2) is 32.7 Å². The van der Waals surface area contributed by atoms with Crippen molar-refractivity contribution in [2.45, 2.75) is 37.5 Å². The van der Waals surface area contributed by atoms with Crippen molar-refractivity contribution in [3.63, 3.8) is 0 Å². The Morgan fingerprint density at radius 3 is 2.13 bits per heavy atom. The monoisotopic (exact) mass is 536 g/mol. The predicted octanol–water partition coefficient (Wildman–Crippen LogP) is 7.41. The molecule has 3 aromatic carbocycles. The smallest absolute Gasteiger partial charge is 0.183 e. The summed E-state index contributed by atoms with van der Waals surface area (Å²) < 4.78 is 13.6. The number of aromatic nitrogens is 4. The molecule has 0 saturated carbocycles. The van der Waals surface area contributed by atoms with Crippen LogP contribution in [-0.2, 0) is 21.8 Å². The van der Waals surface area contributed by atoms with E-state index in [0.29, 0.717) is 19.8 Å². The van der Waals surface area contributed by atoms with Gasteiger partial charge in [-0.3, -0.25) is 0 Å². The van der Waals surface area contributed by atoms with Crippen LogP contribution in [0.2, 0.25) is 0 Å². The number of imidazole rings is 1. The van der Waals surface area contributed by atoms with Gasteiger partial charge < -0.3 is 14.0 Å². The Morgan fingerprint density at radius 2 is 1.46 bits per heavy atom. The van der Waals surface area contributed by atoms with E-state index in [4.69, 9.17) is 14.5 Å². The van der Waals surface area contributed by atoms with E-state index in [9.17, 15) is 0 Å². The van der Waals surface area contributed by atoms with Crippen molar-refractivity contribution in [2.75, 3.05) is 13.2 Å². The third kappa shape index (κ3) is 6.81. The van der Waals surface area contributed by atoms with Crippen LogP contribution in [0.4, 0.5) is 0 Å². The molecule has 2 heterocycles. The lowest BCUT2D eigenvalue weighted by atomic mass is 10.1. The van der Waals surface area contributed by atoms with E-state index in [1.54, 1.807) is 18.1 Å². The van der Waals surface area contributed by atoms with Gasteiger partial charge in [0.1, 0.15) is 22.7 Å². The highest BCUT2D eigenvalue weighted by molar-refractivity contribution is 7.98. The van der Waals surface area contributed by atoms with E-state index in [1.165, 1.54) is 11.1 Å². The average Bonchev–Trinajstić information content (AvgIpc) is 3.34. The summed E-state index contributed by atoms with van der Waals surface area (Å²) in [6.07, 6.45) is 5.41. The minimum atomic E-state index is -0.349. The van der Waals surface area contributed by atoms with E-state index >= 15 is 0 Å². The molecular weight excluding hydrogens is 504 g/mol. The average molecular weight is 537 g/mol. The van der Waals surface area contributed by atoms with Gasteiger partial charge in [-0.2, -0.15) is 0 Å². The summed E-state index contributed by atoms with van der Waals surface area (Å²) in [7, 11) is 0. The first-order chi connectivity index (χ1) is 19.2. The summed E-state index contributed by atoms with van der Waals surface area (Å²) in [5, 5.41) is 0.882. The zero-order valence-corrected chi connectivity index (χ0v) is 23.1. The topological polar surface area (TPSA) is 62.1 Å². The summed E-state index contributed by atoms with van der Waals surface area (Å²) in [5.74, 6) is 1.65. The molecule has 0 radical (unpaired) electrons. The molecule has 0 saturated heterocycles. The van der Waals surface area contributed by atoms with Crippen LogP contribution in [0.3, 0.4) is 0 Å². The molecule has 0 amide bonds. The van der Waals surface area contributed by atoms with Crippen LogP contribution in [0.1, 0.15) is 48.2 Å². The molecule has 0 unspecified atom stereocenters. The number of rotatable bonds is 12. The maximum absolute atomic E-state index is 5.73. The first-order valence-corrected chi connectivity index (χ1v) is 14.2. The van der Waals surface area contributed by atoms with Gasteiger partial charge in [-0.05, 0) is 36.6 Å². The summed E-state index contributed by atoms with van der Waals surface area (Å²) in [6.45, 7) is 5.80. The molecule has 0 atom stereocenters. The summed E-state index contributed by atoms with van der Waals surface area (Å²) in [6, 6.07) is 29.0. The number of benzene rings is 3. The van der Waals surface area contributed by atoms with Gasteiger partial charge in [0.2, 0.25) is 0 Å². The Hall–Kier alpha value is -3.78. The molecule has 0 aliphatic heterocycles. The third-order valence-electron chi connectivity index (χ3n) is 6.20. The molecule has 2 aromatic heterocycles. The fourth-order valence-corrected chi connectivity index (χ4v) is 5.18. The molecule has 0 aliphatic carbocycles. The second kappa shape index (κ2) is 13.3. The lowest BCUT2D eigenvalue weighted by Crippen LogP contribution is -2.08. The molecule has 5 rings (SSSR count). The van der Waals surface area contributed by atoms with Crippen LogP contribution < -0.4 is 0 Å². The van der Waals surface area contributed by atoms with E-state index in [1.807, 2.05) is 44.2 Å². The second-order valence-electron chi connectivity index (χ2n) is 8.91. The van der Waals surface area contributed by atoms with Gasteiger partial charge in [0.15, 0.2) is 11.9 Å². The first-order valence-electron chi connectivity index (χ1n) is 13.2. The van der Waals surface area contributed by atoms with Crippen molar-refractivity contribution in [1.82, 2.24) is 19.5 Å². The number of hydrogen-bond acceptors (Lipinski definition) is 6. The highest BCUT2D eigenvalue weighted by Crippen LogP contribution is 2.29. The van der Waals surface area contributed by atoms with Gasteiger partial charge in [0.25, 0.3) is 0 Å². The SMILES string of the molecule is CCOC(OCC)c1ccc(/C=C/c2nc3c(SCc4ccccc4)ncnc3n2Cc2ccccc2)cc1. The molecule has 198 valence electrons. The fourth-order valence-electron chi connectivity index (χ4n) is 4.29. The molecule has 0 N–H and O–H groups in total. The number of nitrogens with zero attached hydrogens (tertiary/aromatic N) is 4. The number of ether oxygens (including phenoxy) is 2. The first kappa shape index (κ1) is 26.8. The van der Waals surface area contributed by atoms with Gasteiger partial charge in [0, 0.05) is 24.5 Å². The lowest BCUT2D eigenvalue weighted by Gasteiger charge is -2.17. The molecule has 6 nitrogen and oxygen atoms in total. The Bertz CT molecular complexity index is 1500. The van der Waals surface area contributed by atoms with E-state index in [2.05, 4.69) is 81.3 Å². The minimum Gasteiger partial charge on any atom is -0.349 e. The van der Waals surface area contributed by atoms with Crippen molar-refractivity contribution < 1.29 is 9.47 Å². The Balaban J connectivity index is 1.45. The Morgan fingerprint density at radius 1 is 0.795 bits per heavy atom. The van der Waals surface area contributed by atoms with Gasteiger partial charge >= 0.3 is 0 Å². The van der Waals surface area contributed by atoms with Crippen LogP contribution in [0.25, 0.3) is 23.3 Å². The van der Waals surface area contributed by atoms with Crippen molar-refractivity contribution in [2.24, 2.45) is 0 Å². The van der Waals surface area contributed by atoms with Crippen LogP contribution in [0, 0.1) is 0 Å². The standard InChI is InChI=1S/C32H32N4O2S/c1-3-37-32(38-4-2)27-18-15-24(16-19-27)17-20-28-35-29-30(36(28)21-25-11-7-5-8-12-25)33-23-34-31(29)39-22-26-13-9-6-10-14-26/h5-20,23,32H,3-4,21-22H2,1-2H3/b20-17+. The van der Waals surface area contributed by atoms with Gasteiger partial charge in [-0.25, -0.2) is 15.0 Å². The zero-order chi connectivity index (χ0) is 26.9. The maximum atomic E-state index is 5.73. The third-order valence-corrected chi connectivity index (χ3v) is 7.25. The van der Waals surface area contributed by atoms with Crippen molar-refractivity contribution in [1.29, 1.82) is 0 Å². The lowest BCUT2D eigenvalue weighted by molar-refractivity contribution is -0.140. The van der Waals surface area contributed by atoms with Crippen molar-refractivity contribution >= 4 is 35.1 Å². The largest absolute Gasteiger partial charge is 0.349 e. The molecule has 0 fully saturated rings. The molecule has 0 spiro atoms. The Labute approximate surface area is 233 Å². The van der Waals surface area contributed by atoms with Gasteiger partial charge in [-0.15, -0.1) is 0 Å². The predicted molar refractivity (Wildman–Crippen MR) is 158 cm³/mol. The van der Waals surface area contributed by atoms with Gasteiger partial charge in [-0.1, -0.05) is 103 Å². The normalized spacial score (nSPS) is 11.7. The van der Waals surface area contributed by atoms with Crippen molar-refractivity contribution in [3.8, 4) is 0 Å². The zero-order valence-electron chi connectivity index (χ0n) is 22.2. The fraction of sp³-hybridized carbons (Fsp3) is 0.219. The van der Waals surface area contributed by atoms with E-state index in [-0.39, 0.29) is 6.29 Å². The van der Waals surface area contributed by atoms with Crippen LogP contribution >= 0.6 is 11.8 Å². The van der Waals surface area contributed by atoms with Crippen LogP contribution in [0.5, 0.6) is 0 Å². The van der Waals surface area contributed by atoms with E-state index < -0.39 is 0 Å². The molecule has 0 bridgehead atoms. The van der Waals surface area contributed by atoms with Crippen LogP contribution in [0.15, 0.2) is 96.3 Å². The second-order valence-corrected chi connectivity index (χ2v) is 9.87. The maximum Gasteiger partial charge on any atom is 0.183 e. The number of hydrogen-bond donors (Lipinski definition) is 0. The summed E-state index contributed by atoms with van der Waals surface area (Å²) >= 11 is 1.68. The Kier molecular flexibility index (Phi) is 9.17. The number of fused-ring (bicyclic) bond motifs is 1. The van der Waals surface area contributed by atoms with E-state index in [0.717, 1.165) is 38.9 Å². The highest BCUT2D eigenvalue weighted by Gasteiger charge is 2.16. The van der Waals surface area contributed by atoms with Crippen molar-refractivity contribution in [3.05, 3.63) is 119 Å². The number of thioether (sulfide) groups is 1. The molecule has 7 heteroatoms. The van der Waals surface area contributed by atoms with Gasteiger partial charge in [0.05, 0.1) is 6.54 Å². The molecule has 39 heavy (non-hydrogen) atoms. The minimum absolute atomic E-state index is 0.349. The molecule has 0 aliphatic rings. The molecule has 5 aromatic rings. The summed E-state index contributed by atoms with van der Waals surface area (Å²) in [4.78, 5) is 14.3. The highest BCUT2D eigenvalue weighted by atomic mass is 32.2. The quantitative estimate of drug-likeness (QED) is 0.0940. The molecular formula is C32H32N4O2S.